The lowest BCUT2D eigenvalue weighted by molar-refractivity contribution is 1.28. The third kappa shape index (κ3) is 2.21. The molecule has 0 aliphatic carbocycles. The number of H-pyrrole nitrogens is 1. The Bertz CT molecular complexity index is 764. The molecule has 1 N–H and O–H groups in total. The fourth-order valence-electron chi connectivity index (χ4n) is 2.23. The smallest absolute Gasteiger partial charge is 0.0670 e. The standard InChI is InChI=1S/C16H11ClN2/c17-14-4-1-11(2-5-14)12-3-6-16-15(9-12)13(7-8-18)10-19-16/h1-6,9-10,19H,7H2. The summed E-state index contributed by atoms with van der Waals surface area (Å²) in [6.07, 6.45) is 2.32. The number of benzene rings is 2. The lowest BCUT2D eigenvalue weighted by atomic mass is 10.0. The molecule has 3 heteroatoms. The van der Waals surface area contributed by atoms with Crippen LogP contribution in [0.4, 0.5) is 0 Å². The summed E-state index contributed by atoms with van der Waals surface area (Å²) >= 11 is 5.90. The van der Waals surface area contributed by atoms with Crippen LogP contribution in [-0.4, -0.2) is 4.98 Å². The molecule has 0 saturated carbocycles. The fourth-order valence-corrected chi connectivity index (χ4v) is 2.36. The van der Waals surface area contributed by atoms with Gasteiger partial charge >= 0.3 is 0 Å². The predicted octanol–water partition coefficient (Wildman–Crippen LogP) is 4.55. The van der Waals surface area contributed by atoms with E-state index in [1.54, 1.807) is 0 Å². The second-order valence-corrected chi connectivity index (χ2v) is 4.85. The molecule has 92 valence electrons. The summed E-state index contributed by atoms with van der Waals surface area (Å²) in [4.78, 5) is 3.19. The second kappa shape index (κ2) is 4.79. The van der Waals surface area contributed by atoms with Gasteiger partial charge in [0.2, 0.25) is 0 Å². The fraction of sp³-hybridized carbons (Fsp3) is 0.0625. The van der Waals surface area contributed by atoms with Gasteiger partial charge in [-0.05, 0) is 41.0 Å². The van der Waals surface area contributed by atoms with Gasteiger partial charge in [0.05, 0.1) is 12.5 Å². The zero-order valence-electron chi connectivity index (χ0n) is 10.2. The van der Waals surface area contributed by atoms with E-state index in [1.807, 2.05) is 36.5 Å². The molecule has 0 fully saturated rings. The Labute approximate surface area is 116 Å². The maximum absolute atomic E-state index is 8.84. The number of fused-ring (bicyclic) bond motifs is 1. The highest BCUT2D eigenvalue weighted by atomic mass is 35.5. The first-order chi connectivity index (χ1) is 9.28. The monoisotopic (exact) mass is 266 g/mol. The zero-order valence-corrected chi connectivity index (χ0v) is 10.9. The Balaban J connectivity index is 2.12. The van der Waals surface area contributed by atoms with Crippen LogP contribution >= 0.6 is 11.6 Å². The summed E-state index contributed by atoms with van der Waals surface area (Å²) < 4.78 is 0. The number of nitrogens with one attached hydrogen (secondary N) is 1. The van der Waals surface area contributed by atoms with Crippen LogP contribution in [0.15, 0.2) is 48.7 Å². The molecule has 0 saturated heterocycles. The van der Waals surface area contributed by atoms with E-state index in [9.17, 15) is 0 Å². The molecule has 0 amide bonds. The number of nitriles is 1. The summed E-state index contributed by atoms with van der Waals surface area (Å²) in [5.41, 5.74) is 4.34. The van der Waals surface area contributed by atoms with E-state index in [0.717, 1.165) is 32.6 Å². The molecule has 3 rings (SSSR count). The first kappa shape index (κ1) is 11.8. The van der Waals surface area contributed by atoms with Crippen LogP contribution in [0.25, 0.3) is 22.0 Å². The minimum Gasteiger partial charge on any atom is -0.361 e. The SMILES string of the molecule is N#CCc1c[nH]c2ccc(-c3ccc(Cl)cc3)cc12. The van der Waals surface area contributed by atoms with Crippen molar-refractivity contribution in [2.45, 2.75) is 6.42 Å². The molecule has 1 heterocycles. The summed E-state index contributed by atoms with van der Waals surface area (Å²) in [5, 5.41) is 10.7. The molecule has 0 unspecified atom stereocenters. The summed E-state index contributed by atoms with van der Waals surface area (Å²) in [5.74, 6) is 0. The van der Waals surface area contributed by atoms with Crippen molar-refractivity contribution in [3.63, 3.8) is 0 Å². The average molecular weight is 267 g/mol. The van der Waals surface area contributed by atoms with Crippen molar-refractivity contribution in [3.8, 4) is 17.2 Å². The number of aromatic nitrogens is 1. The molecular weight excluding hydrogens is 256 g/mol. The molecule has 0 spiro atoms. The molecule has 2 aromatic carbocycles. The molecule has 0 atom stereocenters. The highest BCUT2D eigenvalue weighted by Gasteiger charge is 2.05. The van der Waals surface area contributed by atoms with Crippen molar-refractivity contribution < 1.29 is 0 Å². The van der Waals surface area contributed by atoms with Crippen molar-refractivity contribution in [2.75, 3.05) is 0 Å². The van der Waals surface area contributed by atoms with Crippen molar-refractivity contribution in [1.82, 2.24) is 4.98 Å². The predicted molar refractivity (Wildman–Crippen MR) is 78.1 cm³/mol. The highest BCUT2D eigenvalue weighted by Crippen LogP contribution is 2.27. The van der Waals surface area contributed by atoms with Gasteiger partial charge in [-0.2, -0.15) is 5.26 Å². The first-order valence-corrected chi connectivity index (χ1v) is 6.38. The van der Waals surface area contributed by atoms with Crippen molar-refractivity contribution in [1.29, 1.82) is 5.26 Å². The van der Waals surface area contributed by atoms with Crippen LogP contribution in [0.5, 0.6) is 0 Å². The van der Waals surface area contributed by atoms with Crippen molar-refractivity contribution >= 4 is 22.5 Å². The maximum Gasteiger partial charge on any atom is 0.0670 e. The molecule has 0 bridgehead atoms. The summed E-state index contributed by atoms with van der Waals surface area (Å²) in [7, 11) is 0. The average Bonchev–Trinajstić information content (AvgIpc) is 2.83. The van der Waals surface area contributed by atoms with Gasteiger partial charge in [-0.25, -0.2) is 0 Å². The van der Waals surface area contributed by atoms with E-state index < -0.39 is 0 Å². The van der Waals surface area contributed by atoms with Crippen LogP contribution in [0.3, 0.4) is 0 Å². The zero-order chi connectivity index (χ0) is 13.2. The van der Waals surface area contributed by atoms with Gasteiger partial charge in [0.25, 0.3) is 0 Å². The van der Waals surface area contributed by atoms with Crippen molar-refractivity contribution in [2.24, 2.45) is 0 Å². The lowest BCUT2D eigenvalue weighted by Gasteiger charge is -2.03. The van der Waals surface area contributed by atoms with Crippen LogP contribution in [0.1, 0.15) is 5.56 Å². The third-order valence-electron chi connectivity index (χ3n) is 3.21. The topological polar surface area (TPSA) is 39.6 Å². The van der Waals surface area contributed by atoms with E-state index in [2.05, 4.69) is 23.2 Å². The van der Waals surface area contributed by atoms with Gasteiger partial charge in [0.1, 0.15) is 0 Å². The van der Waals surface area contributed by atoms with E-state index in [-0.39, 0.29) is 0 Å². The summed E-state index contributed by atoms with van der Waals surface area (Å²) in [6.45, 7) is 0. The van der Waals surface area contributed by atoms with Crippen LogP contribution in [0, 0.1) is 11.3 Å². The van der Waals surface area contributed by atoms with Gasteiger partial charge < -0.3 is 4.98 Å². The largest absolute Gasteiger partial charge is 0.361 e. The molecule has 0 radical (unpaired) electrons. The van der Waals surface area contributed by atoms with Gasteiger partial charge in [-0.1, -0.05) is 29.8 Å². The Morgan fingerprint density at radius 2 is 1.79 bits per heavy atom. The number of hydrogen-bond donors (Lipinski definition) is 1. The minimum absolute atomic E-state index is 0.421. The second-order valence-electron chi connectivity index (χ2n) is 4.42. The molecule has 1 aromatic heterocycles. The van der Waals surface area contributed by atoms with Crippen molar-refractivity contribution in [3.05, 3.63) is 59.2 Å². The van der Waals surface area contributed by atoms with Gasteiger partial charge in [-0.3, -0.25) is 0 Å². The quantitative estimate of drug-likeness (QED) is 0.726. The maximum atomic E-state index is 8.84. The molecule has 0 aliphatic rings. The normalized spacial score (nSPS) is 10.5. The molecule has 0 aliphatic heterocycles. The Kier molecular flexibility index (Phi) is 2.98. The van der Waals surface area contributed by atoms with E-state index in [0.29, 0.717) is 6.42 Å². The number of rotatable bonds is 2. The van der Waals surface area contributed by atoms with E-state index in [1.165, 1.54) is 0 Å². The Morgan fingerprint density at radius 3 is 2.53 bits per heavy atom. The lowest BCUT2D eigenvalue weighted by Crippen LogP contribution is -1.80. The third-order valence-corrected chi connectivity index (χ3v) is 3.47. The van der Waals surface area contributed by atoms with Gasteiger partial charge in [0, 0.05) is 22.1 Å². The Morgan fingerprint density at radius 1 is 1.05 bits per heavy atom. The number of halogens is 1. The van der Waals surface area contributed by atoms with Crippen LogP contribution in [-0.2, 0) is 6.42 Å². The van der Waals surface area contributed by atoms with Gasteiger partial charge in [0.15, 0.2) is 0 Å². The summed E-state index contributed by atoms with van der Waals surface area (Å²) in [6, 6.07) is 16.2. The van der Waals surface area contributed by atoms with Crippen LogP contribution < -0.4 is 0 Å². The Hall–Kier alpha value is -2.24. The number of aromatic amines is 1. The molecular formula is C16H11ClN2. The molecule has 3 aromatic rings. The molecule has 2 nitrogen and oxygen atoms in total. The number of nitrogens with zero attached hydrogens (tertiary/aromatic N) is 1. The number of hydrogen-bond acceptors (Lipinski definition) is 1. The highest BCUT2D eigenvalue weighted by molar-refractivity contribution is 6.30. The van der Waals surface area contributed by atoms with Gasteiger partial charge in [-0.15, -0.1) is 0 Å². The van der Waals surface area contributed by atoms with E-state index in [4.69, 9.17) is 16.9 Å². The van der Waals surface area contributed by atoms with E-state index >= 15 is 0 Å². The van der Waals surface area contributed by atoms with Crippen LogP contribution in [0.2, 0.25) is 5.02 Å². The minimum atomic E-state index is 0.421. The first-order valence-electron chi connectivity index (χ1n) is 6.01. The molecule has 19 heavy (non-hydrogen) atoms.